The lowest BCUT2D eigenvalue weighted by molar-refractivity contribution is -0.123. The van der Waals surface area contributed by atoms with E-state index in [-0.39, 0.29) is 17.7 Å². The number of carbonyl (C=O) groups excluding carboxylic acids is 1. The number of pyridine rings is 1. The van der Waals surface area contributed by atoms with Gasteiger partial charge in [0.15, 0.2) is 0 Å². The Hall–Kier alpha value is -2.40. The van der Waals surface area contributed by atoms with Crippen LogP contribution in [0.2, 0.25) is 0 Å². The average Bonchev–Trinajstić information content (AvgIpc) is 2.50. The van der Waals surface area contributed by atoms with Crippen LogP contribution >= 0.6 is 0 Å². The highest BCUT2D eigenvalue weighted by Gasteiger charge is 2.17. The van der Waals surface area contributed by atoms with Crippen molar-refractivity contribution in [2.45, 2.75) is 25.4 Å². The molecule has 1 aromatic heterocycles. The number of carbonyl (C=O) groups is 1. The fourth-order valence-corrected chi connectivity index (χ4v) is 2.01. The van der Waals surface area contributed by atoms with Gasteiger partial charge < -0.3 is 16.2 Å². The molecule has 110 valence electrons. The molecule has 1 amide bonds. The molecule has 0 unspecified atom stereocenters. The zero-order valence-electron chi connectivity index (χ0n) is 11.9. The molecule has 0 aliphatic rings. The number of aromatic nitrogens is 1. The van der Waals surface area contributed by atoms with Crippen LogP contribution in [0, 0.1) is 0 Å². The van der Waals surface area contributed by atoms with Gasteiger partial charge in [-0.05, 0) is 42.7 Å². The summed E-state index contributed by atoms with van der Waals surface area (Å²) < 4.78 is 0. The van der Waals surface area contributed by atoms with Crippen LogP contribution < -0.4 is 11.1 Å². The molecular weight excluding hydrogens is 266 g/mol. The summed E-state index contributed by atoms with van der Waals surface area (Å²) in [6.45, 7) is 1.89. The molecule has 21 heavy (non-hydrogen) atoms. The monoisotopic (exact) mass is 285 g/mol. The molecule has 0 saturated heterocycles. The number of hydrogen-bond acceptors (Lipinski definition) is 4. The maximum atomic E-state index is 12.1. The second kappa shape index (κ2) is 6.85. The maximum Gasteiger partial charge on any atom is 0.237 e. The van der Waals surface area contributed by atoms with Crippen molar-refractivity contribution in [3.8, 4) is 5.75 Å². The first-order valence-corrected chi connectivity index (χ1v) is 6.80. The molecule has 0 radical (unpaired) electrons. The number of phenolic OH excluding ortho intramolecular Hbond substituents is 1. The van der Waals surface area contributed by atoms with Crippen molar-refractivity contribution in [2.24, 2.45) is 5.73 Å². The lowest BCUT2D eigenvalue weighted by Gasteiger charge is -2.17. The second-order valence-corrected chi connectivity index (χ2v) is 4.99. The maximum absolute atomic E-state index is 12.1. The number of nitrogens with two attached hydrogens (primary N) is 1. The molecule has 0 aliphatic carbocycles. The van der Waals surface area contributed by atoms with Crippen molar-refractivity contribution in [2.75, 3.05) is 0 Å². The first-order valence-electron chi connectivity index (χ1n) is 6.80. The molecule has 2 rings (SSSR count). The van der Waals surface area contributed by atoms with Crippen molar-refractivity contribution in [1.82, 2.24) is 10.3 Å². The number of phenols is 1. The zero-order chi connectivity index (χ0) is 15.2. The van der Waals surface area contributed by atoms with Gasteiger partial charge in [-0.2, -0.15) is 0 Å². The van der Waals surface area contributed by atoms with Crippen LogP contribution in [0.1, 0.15) is 24.1 Å². The van der Waals surface area contributed by atoms with Gasteiger partial charge in [0.25, 0.3) is 0 Å². The van der Waals surface area contributed by atoms with Crippen LogP contribution in [0.5, 0.6) is 5.75 Å². The molecule has 0 saturated carbocycles. The van der Waals surface area contributed by atoms with Gasteiger partial charge in [-0.1, -0.05) is 18.2 Å². The van der Waals surface area contributed by atoms with E-state index in [1.54, 1.807) is 36.7 Å². The predicted octanol–water partition coefficient (Wildman–Crippen LogP) is 1.53. The largest absolute Gasteiger partial charge is 0.508 e. The Balaban J connectivity index is 1.92. The van der Waals surface area contributed by atoms with Crippen molar-refractivity contribution < 1.29 is 9.90 Å². The van der Waals surface area contributed by atoms with Crippen molar-refractivity contribution >= 4 is 5.91 Å². The highest BCUT2D eigenvalue weighted by molar-refractivity contribution is 5.82. The van der Waals surface area contributed by atoms with Gasteiger partial charge >= 0.3 is 0 Å². The minimum absolute atomic E-state index is 0.142. The summed E-state index contributed by atoms with van der Waals surface area (Å²) in [5, 5.41) is 12.1. The van der Waals surface area contributed by atoms with Crippen LogP contribution in [0.15, 0.2) is 48.8 Å². The van der Waals surface area contributed by atoms with Crippen LogP contribution in [-0.2, 0) is 11.2 Å². The summed E-state index contributed by atoms with van der Waals surface area (Å²) in [5.41, 5.74) is 7.76. The molecule has 4 N–H and O–H groups in total. The Morgan fingerprint density at radius 2 is 2.05 bits per heavy atom. The Bertz CT molecular complexity index is 584. The molecule has 0 spiro atoms. The van der Waals surface area contributed by atoms with E-state index in [0.717, 1.165) is 11.1 Å². The van der Waals surface area contributed by atoms with Gasteiger partial charge in [0.2, 0.25) is 5.91 Å². The van der Waals surface area contributed by atoms with Gasteiger partial charge in [0.1, 0.15) is 5.75 Å². The number of nitrogens with one attached hydrogen (secondary N) is 1. The highest BCUT2D eigenvalue weighted by Crippen LogP contribution is 2.12. The molecule has 5 nitrogen and oxygen atoms in total. The van der Waals surface area contributed by atoms with E-state index in [1.165, 1.54) is 0 Å². The number of rotatable bonds is 5. The fraction of sp³-hybridized carbons (Fsp3) is 0.250. The summed E-state index contributed by atoms with van der Waals surface area (Å²) in [6, 6.07) is 9.64. The quantitative estimate of drug-likeness (QED) is 0.777. The topological polar surface area (TPSA) is 88.2 Å². The Labute approximate surface area is 123 Å². The molecule has 1 heterocycles. The predicted molar refractivity (Wildman–Crippen MR) is 80.6 cm³/mol. The second-order valence-electron chi connectivity index (χ2n) is 4.99. The molecule has 1 aromatic carbocycles. The van der Waals surface area contributed by atoms with E-state index < -0.39 is 6.04 Å². The summed E-state index contributed by atoms with van der Waals surface area (Å²) >= 11 is 0. The molecular formula is C16H19N3O2. The van der Waals surface area contributed by atoms with E-state index in [1.807, 2.05) is 19.1 Å². The SMILES string of the molecule is C[C@@H](NC(=O)[C@H](N)Cc1ccc(O)cc1)c1cccnc1. The third kappa shape index (κ3) is 4.29. The zero-order valence-corrected chi connectivity index (χ0v) is 11.9. The summed E-state index contributed by atoms with van der Waals surface area (Å²) in [7, 11) is 0. The summed E-state index contributed by atoms with van der Waals surface area (Å²) in [4.78, 5) is 16.1. The smallest absolute Gasteiger partial charge is 0.237 e. The normalized spacial score (nSPS) is 13.4. The van der Waals surface area contributed by atoms with E-state index in [9.17, 15) is 9.90 Å². The van der Waals surface area contributed by atoms with Crippen molar-refractivity contribution in [1.29, 1.82) is 0 Å². The number of hydrogen-bond donors (Lipinski definition) is 3. The Morgan fingerprint density at radius 1 is 1.33 bits per heavy atom. The van der Waals surface area contributed by atoms with E-state index in [4.69, 9.17) is 5.73 Å². The van der Waals surface area contributed by atoms with Crippen LogP contribution in [0.4, 0.5) is 0 Å². The summed E-state index contributed by atoms with van der Waals surface area (Å²) in [5.74, 6) is -0.0126. The molecule has 0 fully saturated rings. The standard InChI is InChI=1S/C16H19N3O2/c1-11(13-3-2-8-18-10-13)19-16(21)15(17)9-12-4-6-14(20)7-5-12/h2-8,10-11,15,20H,9,17H2,1H3,(H,19,21)/t11-,15-/m1/s1. The number of benzene rings is 1. The Morgan fingerprint density at radius 3 is 2.67 bits per heavy atom. The molecule has 0 aliphatic heterocycles. The number of nitrogens with zero attached hydrogens (tertiary/aromatic N) is 1. The molecule has 2 aromatic rings. The lowest BCUT2D eigenvalue weighted by atomic mass is 10.0. The third-order valence-corrected chi connectivity index (χ3v) is 3.27. The van der Waals surface area contributed by atoms with Gasteiger partial charge in [-0.3, -0.25) is 9.78 Å². The van der Waals surface area contributed by atoms with Crippen molar-refractivity contribution in [3.05, 3.63) is 59.9 Å². The van der Waals surface area contributed by atoms with Crippen LogP contribution in [0.3, 0.4) is 0 Å². The van der Waals surface area contributed by atoms with Gasteiger partial charge in [0.05, 0.1) is 12.1 Å². The van der Waals surface area contributed by atoms with Gasteiger partial charge in [-0.25, -0.2) is 0 Å². The fourth-order valence-electron chi connectivity index (χ4n) is 2.01. The minimum atomic E-state index is -0.631. The third-order valence-electron chi connectivity index (χ3n) is 3.27. The van der Waals surface area contributed by atoms with E-state index in [0.29, 0.717) is 6.42 Å². The Kier molecular flexibility index (Phi) is 4.90. The van der Waals surface area contributed by atoms with E-state index in [2.05, 4.69) is 10.3 Å². The molecule has 5 heteroatoms. The molecule has 2 atom stereocenters. The first kappa shape index (κ1) is 15.0. The molecule has 0 bridgehead atoms. The number of amides is 1. The number of aromatic hydroxyl groups is 1. The van der Waals surface area contributed by atoms with Crippen molar-refractivity contribution in [3.63, 3.8) is 0 Å². The lowest BCUT2D eigenvalue weighted by Crippen LogP contribution is -2.42. The average molecular weight is 285 g/mol. The van der Waals surface area contributed by atoms with Gasteiger partial charge in [-0.15, -0.1) is 0 Å². The van der Waals surface area contributed by atoms with Crippen LogP contribution in [-0.4, -0.2) is 22.0 Å². The van der Waals surface area contributed by atoms with Crippen LogP contribution in [0.25, 0.3) is 0 Å². The van der Waals surface area contributed by atoms with Gasteiger partial charge in [0, 0.05) is 12.4 Å². The van der Waals surface area contributed by atoms with E-state index >= 15 is 0 Å². The first-order chi connectivity index (χ1) is 10.1. The summed E-state index contributed by atoms with van der Waals surface area (Å²) in [6.07, 6.45) is 3.83. The highest BCUT2D eigenvalue weighted by atomic mass is 16.3. The minimum Gasteiger partial charge on any atom is -0.508 e.